The molecule has 1 aromatic heterocycles. The fraction of sp³-hybridized carbons (Fsp3) is 0.444. The molecule has 0 saturated heterocycles. The zero-order valence-corrected chi connectivity index (χ0v) is 12.5. The molecule has 2 aromatic rings. The molecule has 0 amide bonds. The molecule has 2 atom stereocenters. The molecule has 0 aliphatic heterocycles. The SMILES string of the molecule is CCNC1CCCc2nc(C3Cc4ccccc43)ncc21. The van der Waals surface area contributed by atoms with Crippen LogP contribution in [0.25, 0.3) is 0 Å². The van der Waals surface area contributed by atoms with Crippen LogP contribution < -0.4 is 5.32 Å². The van der Waals surface area contributed by atoms with Gasteiger partial charge in [0.15, 0.2) is 0 Å². The van der Waals surface area contributed by atoms with Crippen molar-refractivity contribution in [1.29, 1.82) is 0 Å². The smallest absolute Gasteiger partial charge is 0.136 e. The molecule has 0 fully saturated rings. The maximum absolute atomic E-state index is 4.92. The van der Waals surface area contributed by atoms with E-state index in [1.165, 1.54) is 35.2 Å². The highest BCUT2D eigenvalue weighted by atomic mass is 14.9. The van der Waals surface area contributed by atoms with Crippen LogP contribution in [0.3, 0.4) is 0 Å². The first kappa shape index (κ1) is 13.0. The summed E-state index contributed by atoms with van der Waals surface area (Å²) in [4.78, 5) is 9.61. The van der Waals surface area contributed by atoms with Crippen LogP contribution >= 0.6 is 0 Å². The normalized spacial score (nSPS) is 23.1. The van der Waals surface area contributed by atoms with E-state index in [-0.39, 0.29) is 0 Å². The van der Waals surface area contributed by atoms with E-state index >= 15 is 0 Å². The maximum atomic E-state index is 4.92. The Balaban J connectivity index is 1.65. The predicted molar refractivity (Wildman–Crippen MR) is 83.4 cm³/mol. The molecule has 0 bridgehead atoms. The third-order valence-electron chi connectivity index (χ3n) is 4.82. The van der Waals surface area contributed by atoms with Crippen LogP contribution in [-0.4, -0.2) is 16.5 Å². The van der Waals surface area contributed by atoms with Crippen molar-refractivity contribution in [3.63, 3.8) is 0 Å². The quantitative estimate of drug-likeness (QED) is 0.938. The molecule has 3 nitrogen and oxygen atoms in total. The number of nitrogens with zero attached hydrogens (tertiary/aromatic N) is 2. The first-order valence-corrected chi connectivity index (χ1v) is 8.03. The summed E-state index contributed by atoms with van der Waals surface area (Å²) in [5, 5.41) is 3.55. The number of aryl methyl sites for hydroxylation is 1. The van der Waals surface area contributed by atoms with Crippen LogP contribution in [0.5, 0.6) is 0 Å². The lowest BCUT2D eigenvalue weighted by atomic mass is 9.77. The molecule has 1 aromatic carbocycles. The molecule has 108 valence electrons. The Morgan fingerprint density at radius 2 is 2.14 bits per heavy atom. The molecule has 4 rings (SSSR count). The first-order chi connectivity index (χ1) is 10.4. The molecule has 2 aliphatic rings. The van der Waals surface area contributed by atoms with Gasteiger partial charge in [0.25, 0.3) is 0 Å². The monoisotopic (exact) mass is 279 g/mol. The van der Waals surface area contributed by atoms with Gasteiger partial charge in [0.2, 0.25) is 0 Å². The average molecular weight is 279 g/mol. The van der Waals surface area contributed by atoms with E-state index in [0.717, 1.165) is 25.2 Å². The number of hydrogen-bond donors (Lipinski definition) is 1. The van der Waals surface area contributed by atoms with Gasteiger partial charge in [0.05, 0.1) is 0 Å². The number of aromatic nitrogens is 2. The standard InChI is InChI=1S/C18H21N3/c1-2-19-16-8-5-9-17-15(16)11-20-18(21-17)14-10-12-6-3-4-7-13(12)14/h3-4,6-7,11,14,16,19H,2,5,8-10H2,1H3. The second kappa shape index (κ2) is 5.23. The van der Waals surface area contributed by atoms with Crippen LogP contribution in [0.1, 0.15) is 59.9 Å². The van der Waals surface area contributed by atoms with Crippen molar-refractivity contribution in [3.05, 3.63) is 58.7 Å². The molecule has 0 radical (unpaired) electrons. The Labute approximate surface area is 125 Å². The van der Waals surface area contributed by atoms with E-state index in [0.29, 0.717) is 12.0 Å². The van der Waals surface area contributed by atoms with Gasteiger partial charge >= 0.3 is 0 Å². The summed E-state index contributed by atoms with van der Waals surface area (Å²) in [6.45, 7) is 3.16. The zero-order chi connectivity index (χ0) is 14.2. The van der Waals surface area contributed by atoms with E-state index in [4.69, 9.17) is 9.97 Å². The minimum atomic E-state index is 0.408. The summed E-state index contributed by atoms with van der Waals surface area (Å²) >= 11 is 0. The Morgan fingerprint density at radius 1 is 1.24 bits per heavy atom. The van der Waals surface area contributed by atoms with Crippen molar-refractivity contribution in [2.24, 2.45) is 0 Å². The molecule has 3 heteroatoms. The minimum absolute atomic E-state index is 0.408. The van der Waals surface area contributed by atoms with E-state index in [9.17, 15) is 0 Å². The van der Waals surface area contributed by atoms with Gasteiger partial charge in [-0.15, -0.1) is 0 Å². The molecular formula is C18H21N3. The van der Waals surface area contributed by atoms with E-state index < -0.39 is 0 Å². The van der Waals surface area contributed by atoms with Crippen LogP contribution in [0.15, 0.2) is 30.5 Å². The van der Waals surface area contributed by atoms with Crippen molar-refractivity contribution >= 4 is 0 Å². The largest absolute Gasteiger partial charge is 0.310 e. The van der Waals surface area contributed by atoms with E-state index in [1.807, 2.05) is 0 Å². The van der Waals surface area contributed by atoms with Crippen molar-refractivity contribution in [2.45, 2.75) is 44.6 Å². The van der Waals surface area contributed by atoms with Crippen LogP contribution in [0, 0.1) is 0 Å². The molecular weight excluding hydrogens is 258 g/mol. The first-order valence-electron chi connectivity index (χ1n) is 8.03. The predicted octanol–water partition coefficient (Wildman–Crippen LogP) is 3.15. The summed E-state index contributed by atoms with van der Waals surface area (Å²) in [5.41, 5.74) is 5.45. The number of benzene rings is 1. The Bertz CT molecular complexity index is 665. The van der Waals surface area contributed by atoms with E-state index in [2.05, 4.69) is 42.7 Å². The van der Waals surface area contributed by atoms with Gasteiger partial charge in [0.1, 0.15) is 5.82 Å². The molecule has 21 heavy (non-hydrogen) atoms. The molecule has 1 heterocycles. The second-order valence-corrected chi connectivity index (χ2v) is 6.09. The zero-order valence-electron chi connectivity index (χ0n) is 12.5. The minimum Gasteiger partial charge on any atom is -0.310 e. The van der Waals surface area contributed by atoms with Gasteiger partial charge in [-0.1, -0.05) is 31.2 Å². The summed E-state index contributed by atoms with van der Waals surface area (Å²) in [6, 6.07) is 9.11. The third kappa shape index (κ3) is 2.16. The van der Waals surface area contributed by atoms with Crippen LogP contribution in [0.2, 0.25) is 0 Å². The molecule has 2 aliphatic carbocycles. The van der Waals surface area contributed by atoms with Crippen molar-refractivity contribution in [2.75, 3.05) is 6.54 Å². The topological polar surface area (TPSA) is 37.8 Å². The second-order valence-electron chi connectivity index (χ2n) is 6.09. The molecule has 0 saturated carbocycles. The lowest BCUT2D eigenvalue weighted by molar-refractivity contribution is 0.461. The van der Waals surface area contributed by atoms with Gasteiger partial charge < -0.3 is 5.32 Å². The van der Waals surface area contributed by atoms with Crippen molar-refractivity contribution < 1.29 is 0 Å². The fourth-order valence-corrected chi connectivity index (χ4v) is 3.68. The highest BCUT2D eigenvalue weighted by Crippen LogP contribution is 2.39. The third-order valence-corrected chi connectivity index (χ3v) is 4.82. The number of rotatable bonds is 3. The lowest BCUT2D eigenvalue weighted by Gasteiger charge is -2.30. The van der Waals surface area contributed by atoms with Gasteiger partial charge in [0, 0.05) is 29.4 Å². The van der Waals surface area contributed by atoms with Gasteiger partial charge in [-0.25, -0.2) is 9.97 Å². The summed E-state index contributed by atoms with van der Waals surface area (Å²) in [6.07, 6.45) is 6.69. The fourth-order valence-electron chi connectivity index (χ4n) is 3.68. The average Bonchev–Trinajstić information content (AvgIpc) is 2.49. The van der Waals surface area contributed by atoms with Gasteiger partial charge in [-0.2, -0.15) is 0 Å². The molecule has 1 N–H and O–H groups in total. The van der Waals surface area contributed by atoms with Crippen LogP contribution in [0.4, 0.5) is 0 Å². The van der Waals surface area contributed by atoms with Crippen molar-refractivity contribution in [3.8, 4) is 0 Å². The number of fused-ring (bicyclic) bond motifs is 2. The van der Waals surface area contributed by atoms with Gasteiger partial charge in [-0.3, -0.25) is 0 Å². The van der Waals surface area contributed by atoms with Crippen LogP contribution in [-0.2, 0) is 12.8 Å². The molecule has 0 spiro atoms. The molecule has 2 unspecified atom stereocenters. The Hall–Kier alpha value is -1.74. The highest BCUT2D eigenvalue weighted by Gasteiger charge is 2.30. The Kier molecular flexibility index (Phi) is 3.23. The number of hydrogen-bond acceptors (Lipinski definition) is 3. The highest BCUT2D eigenvalue weighted by molar-refractivity contribution is 5.44. The summed E-state index contributed by atoms with van der Waals surface area (Å²) in [5.74, 6) is 1.43. The number of nitrogens with one attached hydrogen (secondary N) is 1. The Morgan fingerprint density at radius 3 is 3.00 bits per heavy atom. The van der Waals surface area contributed by atoms with Crippen molar-refractivity contribution in [1.82, 2.24) is 15.3 Å². The lowest BCUT2D eigenvalue weighted by Crippen LogP contribution is -2.27. The maximum Gasteiger partial charge on any atom is 0.136 e. The summed E-state index contributed by atoms with van der Waals surface area (Å²) in [7, 11) is 0. The van der Waals surface area contributed by atoms with E-state index in [1.54, 1.807) is 0 Å². The summed E-state index contributed by atoms with van der Waals surface area (Å²) < 4.78 is 0. The van der Waals surface area contributed by atoms with Gasteiger partial charge in [-0.05, 0) is 43.4 Å².